The largest absolute Gasteiger partial charge is 0.353 e. The van der Waals surface area contributed by atoms with Crippen LogP contribution >= 0.6 is 0 Å². The molecule has 1 aliphatic heterocycles. The molecule has 0 bridgehead atoms. The van der Waals surface area contributed by atoms with Gasteiger partial charge in [0.1, 0.15) is 17.5 Å². The highest BCUT2D eigenvalue weighted by atomic mass is 16.5. The van der Waals surface area contributed by atoms with Gasteiger partial charge in [0.05, 0.1) is 5.69 Å². The van der Waals surface area contributed by atoms with E-state index in [1.807, 2.05) is 6.92 Å². The summed E-state index contributed by atoms with van der Waals surface area (Å²) in [7, 11) is 0. The van der Waals surface area contributed by atoms with E-state index in [1.165, 1.54) is 0 Å². The van der Waals surface area contributed by atoms with E-state index in [0.29, 0.717) is 17.8 Å². The van der Waals surface area contributed by atoms with Gasteiger partial charge in [0.2, 0.25) is 0 Å². The Morgan fingerprint density at radius 1 is 1.28 bits per heavy atom. The second-order valence-electron chi connectivity index (χ2n) is 5.02. The Labute approximate surface area is 105 Å². The summed E-state index contributed by atoms with van der Waals surface area (Å²) < 4.78 is 5.19. The molecule has 1 saturated heterocycles. The van der Waals surface area contributed by atoms with Crippen LogP contribution in [0.5, 0.6) is 0 Å². The highest BCUT2D eigenvalue weighted by molar-refractivity contribution is 5.87. The lowest BCUT2D eigenvalue weighted by Crippen LogP contribution is -2.54. The molecule has 2 unspecified atom stereocenters. The Hall–Kier alpha value is -1.69. The smallest absolute Gasteiger partial charge is 0.263 e. The summed E-state index contributed by atoms with van der Waals surface area (Å²) >= 11 is 0. The molecule has 3 heterocycles. The van der Waals surface area contributed by atoms with Gasteiger partial charge in [0.15, 0.2) is 0 Å². The maximum Gasteiger partial charge on any atom is 0.263 e. The summed E-state index contributed by atoms with van der Waals surface area (Å²) in [5.74, 6) is 0.930. The molecule has 96 valence electrons. The summed E-state index contributed by atoms with van der Waals surface area (Å²) in [6.45, 7) is 8.15. The van der Waals surface area contributed by atoms with Crippen LogP contribution in [0.1, 0.15) is 19.5 Å². The Kier molecular flexibility index (Phi) is 2.66. The second-order valence-corrected chi connectivity index (χ2v) is 5.02. The second kappa shape index (κ2) is 4.20. The molecule has 18 heavy (non-hydrogen) atoms. The Bertz CT molecular complexity index is 557. The van der Waals surface area contributed by atoms with Crippen LogP contribution in [0, 0.1) is 6.92 Å². The molecule has 1 fully saturated rings. The molecule has 0 aromatic carbocycles. The zero-order chi connectivity index (χ0) is 12.7. The normalized spacial score (nSPS) is 24.7. The number of nitrogens with zero attached hydrogens (tertiary/aromatic N) is 4. The quantitative estimate of drug-likeness (QED) is 0.814. The molecule has 3 rings (SSSR count). The molecule has 2 atom stereocenters. The standard InChI is InChI=1S/C12H17N5O/c1-7-4-17(5-8(2)15-7)11-10-9(3)16-18-12(10)14-6-13-11/h6-8,15H,4-5H2,1-3H3. The van der Waals surface area contributed by atoms with Crippen molar-refractivity contribution in [1.82, 2.24) is 20.4 Å². The number of piperazine rings is 1. The fourth-order valence-electron chi connectivity index (χ4n) is 2.64. The monoisotopic (exact) mass is 247 g/mol. The summed E-state index contributed by atoms with van der Waals surface area (Å²) in [5, 5.41) is 8.41. The van der Waals surface area contributed by atoms with Crippen molar-refractivity contribution in [3.05, 3.63) is 12.0 Å². The van der Waals surface area contributed by atoms with Crippen LogP contribution in [-0.2, 0) is 0 Å². The molecule has 6 nitrogen and oxygen atoms in total. The summed E-state index contributed by atoms with van der Waals surface area (Å²) in [4.78, 5) is 10.8. The van der Waals surface area contributed by atoms with Crippen molar-refractivity contribution in [2.45, 2.75) is 32.9 Å². The van der Waals surface area contributed by atoms with Crippen LogP contribution in [0.25, 0.3) is 11.1 Å². The molecule has 1 aliphatic rings. The third-order valence-corrected chi connectivity index (χ3v) is 3.28. The lowest BCUT2D eigenvalue weighted by atomic mass is 10.1. The predicted octanol–water partition coefficient (Wildman–Crippen LogP) is 1.11. The molecule has 0 radical (unpaired) electrons. The average Bonchev–Trinajstić information content (AvgIpc) is 2.70. The maximum atomic E-state index is 5.19. The number of aromatic nitrogens is 3. The fraction of sp³-hybridized carbons (Fsp3) is 0.583. The van der Waals surface area contributed by atoms with Crippen LogP contribution < -0.4 is 10.2 Å². The lowest BCUT2D eigenvalue weighted by Gasteiger charge is -2.36. The van der Waals surface area contributed by atoms with Crippen molar-refractivity contribution in [3.63, 3.8) is 0 Å². The Morgan fingerprint density at radius 3 is 2.72 bits per heavy atom. The van der Waals surface area contributed by atoms with Crippen LogP contribution in [-0.4, -0.2) is 40.3 Å². The van der Waals surface area contributed by atoms with Crippen molar-refractivity contribution < 1.29 is 4.52 Å². The lowest BCUT2D eigenvalue weighted by molar-refractivity contribution is 0.405. The number of hydrogen-bond acceptors (Lipinski definition) is 6. The van der Waals surface area contributed by atoms with Gasteiger partial charge in [-0.1, -0.05) is 5.16 Å². The number of fused-ring (bicyclic) bond motifs is 1. The zero-order valence-corrected chi connectivity index (χ0v) is 10.8. The third-order valence-electron chi connectivity index (χ3n) is 3.28. The minimum Gasteiger partial charge on any atom is -0.353 e. The van der Waals surface area contributed by atoms with Crippen LogP contribution in [0.15, 0.2) is 10.9 Å². The van der Waals surface area contributed by atoms with Gasteiger partial charge in [-0.05, 0) is 20.8 Å². The maximum absolute atomic E-state index is 5.19. The van der Waals surface area contributed by atoms with Crippen molar-refractivity contribution in [2.75, 3.05) is 18.0 Å². The number of nitrogens with one attached hydrogen (secondary N) is 1. The van der Waals surface area contributed by atoms with E-state index >= 15 is 0 Å². The summed E-state index contributed by atoms with van der Waals surface area (Å²) in [5.41, 5.74) is 1.41. The first-order chi connectivity index (χ1) is 8.65. The zero-order valence-electron chi connectivity index (χ0n) is 10.8. The van der Waals surface area contributed by atoms with Gasteiger partial charge in [0, 0.05) is 25.2 Å². The van der Waals surface area contributed by atoms with Gasteiger partial charge >= 0.3 is 0 Å². The molecule has 0 saturated carbocycles. The van der Waals surface area contributed by atoms with E-state index in [2.05, 4.69) is 39.2 Å². The number of aryl methyl sites for hydroxylation is 1. The van der Waals surface area contributed by atoms with Gasteiger partial charge < -0.3 is 14.7 Å². The van der Waals surface area contributed by atoms with E-state index < -0.39 is 0 Å². The van der Waals surface area contributed by atoms with Gasteiger partial charge in [0.25, 0.3) is 5.71 Å². The van der Waals surface area contributed by atoms with Crippen molar-refractivity contribution in [3.8, 4) is 0 Å². The van der Waals surface area contributed by atoms with Gasteiger partial charge in [-0.15, -0.1) is 0 Å². The van der Waals surface area contributed by atoms with Crippen molar-refractivity contribution >= 4 is 16.9 Å². The Balaban J connectivity index is 2.05. The van der Waals surface area contributed by atoms with Gasteiger partial charge in [-0.2, -0.15) is 4.98 Å². The minimum atomic E-state index is 0.443. The molecular weight excluding hydrogens is 230 g/mol. The minimum absolute atomic E-state index is 0.443. The predicted molar refractivity (Wildman–Crippen MR) is 68.6 cm³/mol. The summed E-state index contributed by atoms with van der Waals surface area (Å²) in [6, 6.07) is 0.887. The number of rotatable bonds is 1. The summed E-state index contributed by atoms with van der Waals surface area (Å²) in [6.07, 6.45) is 1.54. The van der Waals surface area contributed by atoms with E-state index in [9.17, 15) is 0 Å². The molecule has 1 N–H and O–H groups in total. The molecule has 2 aromatic heterocycles. The first kappa shape index (κ1) is 11.4. The van der Waals surface area contributed by atoms with Crippen LogP contribution in [0.2, 0.25) is 0 Å². The highest BCUT2D eigenvalue weighted by Gasteiger charge is 2.25. The van der Waals surface area contributed by atoms with E-state index in [4.69, 9.17) is 4.52 Å². The number of hydrogen-bond donors (Lipinski definition) is 1. The van der Waals surface area contributed by atoms with Crippen LogP contribution in [0.4, 0.5) is 5.82 Å². The van der Waals surface area contributed by atoms with E-state index in [0.717, 1.165) is 30.0 Å². The van der Waals surface area contributed by atoms with Crippen molar-refractivity contribution in [1.29, 1.82) is 0 Å². The number of anilines is 1. The molecule has 0 aliphatic carbocycles. The highest BCUT2D eigenvalue weighted by Crippen LogP contribution is 2.26. The molecule has 0 amide bonds. The third kappa shape index (κ3) is 1.82. The first-order valence-electron chi connectivity index (χ1n) is 6.23. The van der Waals surface area contributed by atoms with Crippen LogP contribution in [0.3, 0.4) is 0 Å². The average molecular weight is 247 g/mol. The van der Waals surface area contributed by atoms with Crippen molar-refractivity contribution in [2.24, 2.45) is 0 Å². The van der Waals surface area contributed by atoms with E-state index in [-0.39, 0.29) is 0 Å². The van der Waals surface area contributed by atoms with E-state index in [1.54, 1.807) is 6.33 Å². The van der Waals surface area contributed by atoms with Gasteiger partial charge in [-0.25, -0.2) is 4.98 Å². The molecule has 2 aromatic rings. The fourth-order valence-corrected chi connectivity index (χ4v) is 2.64. The molecule has 0 spiro atoms. The Morgan fingerprint density at radius 2 is 2.00 bits per heavy atom. The van der Waals surface area contributed by atoms with Gasteiger partial charge in [-0.3, -0.25) is 0 Å². The topological polar surface area (TPSA) is 67.1 Å². The molecule has 6 heteroatoms. The SMILES string of the molecule is Cc1noc2ncnc(N3CC(C)NC(C)C3)c12. The first-order valence-corrected chi connectivity index (χ1v) is 6.23. The molecular formula is C12H17N5O.